The van der Waals surface area contributed by atoms with Crippen molar-refractivity contribution < 1.29 is 8.42 Å². The number of aryl methyl sites for hydroxylation is 1. The Bertz CT molecular complexity index is 417. The lowest BCUT2D eigenvalue weighted by Gasteiger charge is -2.00. The molecule has 0 aliphatic heterocycles. The van der Waals surface area contributed by atoms with Gasteiger partial charge in [0.1, 0.15) is 0 Å². The first kappa shape index (κ1) is 10.4. The van der Waals surface area contributed by atoms with Crippen LogP contribution < -0.4 is 0 Å². The molecule has 1 heterocycles. The highest BCUT2D eigenvalue weighted by Gasteiger charge is 2.15. The second-order valence-corrected chi connectivity index (χ2v) is 5.07. The summed E-state index contributed by atoms with van der Waals surface area (Å²) in [6, 6.07) is 0. The Morgan fingerprint density at radius 2 is 2.15 bits per heavy atom. The Hall–Kier alpha value is -0.680. The topological polar surface area (TPSA) is 59.9 Å². The van der Waals surface area contributed by atoms with Gasteiger partial charge >= 0.3 is 0 Å². The van der Waals surface area contributed by atoms with Gasteiger partial charge in [-0.2, -0.15) is 0 Å². The summed E-state index contributed by atoms with van der Waals surface area (Å²) in [6.07, 6.45) is 1.30. The average Bonchev–Trinajstić information content (AvgIpc) is 2.09. The molecule has 0 aliphatic carbocycles. The van der Waals surface area contributed by atoms with Gasteiger partial charge in [0.2, 0.25) is 15.0 Å². The highest BCUT2D eigenvalue weighted by Crippen LogP contribution is 2.13. The number of rotatable bonds is 2. The zero-order valence-corrected chi connectivity index (χ0v) is 8.85. The van der Waals surface area contributed by atoms with E-state index < -0.39 is 9.84 Å². The van der Waals surface area contributed by atoms with Crippen molar-refractivity contribution in [2.24, 2.45) is 0 Å². The molecule has 0 N–H and O–H groups in total. The third-order valence-corrected chi connectivity index (χ3v) is 3.44. The summed E-state index contributed by atoms with van der Waals surface area (Å²) in [5.41, 5.74) is 0.476. The second kappa shape index (κ2) is 3.59. The molecule has 0 bridgehead atoms. The summed E-state index contributed by atoms with van der Waals surface area (Å²) < 4.78 is 22.6. The van der Waals surface area contributed by atoms with Crippen LogP contribution in [-0.2, 0) is 9.84 Å². The quantitative estimate of drug-likeness (QED) is 0.704. The predicted molar refractivity (Wildman–Crippen MR) is 49.5 cm³/mol. The standard InChI is InChI=1S/C7H9ClN2O2S/c1-3-13(11,12)7-9-4-6(8)5(2)10-7/h4H,3H2,1-2H3. The van der Waals surface area contributed by atoms with Gasteiger partial charge in [-0.25, -0.2) is 18.4 Å². The van der Waals surface area contributed by atoms with Gasteiger partial charge in [-0.05, 0) is 6.92 Å². The molecule has 0 radical (unpaired) electrons. The van der Waals surface area contributed by atoms with Crippen LogP contribution in [-0.4, -0.2) is 24.1 Å². The monoisotopic (exact) mass is 220 g/mol. The minimum absolute atomic E-state index is 0.00588. The Morgan fingerprint density at radius 3 is 2.62 bits per heavy atom. The highest BCUT2D eigenvalue weighted by atomic mass is 35.5. The van der Waals surface area contributed by atoms with Crippen LogP contribution in [0.4, 0.5) is 0 Å². The van der Waals surface area contributed by atoms with E-state index in [0.717, 1.165) is 0 Å². The van der Waals surface area contributed by atoms with Crippen molar-refractivity contribution in [3.63, 3.8) is 0 Å². The molecular formula is C7H9ClN2O2S. The maximum atomic E-state index is 11.3. The van der Waals surface area contributed by atoms with E-state index in [1.54, 1.807) is 13.8 Å². The summed E-state index contributed by atoms with van der Waals surface area (Å²) in [7, 11) is -3.32. The maximum absolute atomic E-state index is 11.3. The molecule has 0 aromatic carbocycles. The van der Waals surface area contributed by atoms with E-state index in [1.807, 2.05) is 0 Å². The number of hydrogen-bond donors (Lipinski definition) is 0. The van der Waals surface area contributed by atoms with Gasteiger partial charge in [0.15, 0.2) is 0 Å². The second-order valence-electron chi connectivity index (χ2n) is 2.49. The van der Waals surface area contributed by atoms with E-state index in [0.29, 0.717) is 10.7 Å². The molecule has 0 saturated carbocycles. The molecule has 1 aromatic rings. The van der Waals surface area contributed by atoms with Gasteiger partial charge < -0.3 is 0 Å². The molecule has 0 aliphatic rings. The molecule has 13 heavy (non-hydrogen) atoms. The third-order valence-electron chi connectivity index (χ3n) is 1.56. The molecule has 6 heteroatoms. The van der Waals surface area contributed by atoms with E-state index in [9.17, 15) is 8.42 Å². The van der Waals surface area contributed by atoms with Crippen molar-refractivity contribution in [2.75, 3.05) is 5.75 Å². The van der Waals surface area contributed by atoms with Gasteiger partial charge in [-0.1, -0.05) is 18.5 Å². The zero-order chi connectivity index (χ0) is 10.1. The SMILES string of the molecule is CCS(=O)(=O)c1ncc(Cl)c(C)n1. The molecule has 0 amide bonds. The van der Waals surface area contributed by atoms with Crippen LogP contribution in [0.3, 0.4) is 0 Å². The molecule has 0 unspecified atom stereocenters. The van der Waals surface area contributed by atoms with Crippen molar-refractivity contribution in [1.82, 2.24) is 9.97 Å². The van der Waals surface area contributed by atoms with Crippen molar-refractivity contribution >= 4 is 21.4 Å². The lowest BCUT2D eigenvalue weighted by molar-refractivity contribution is 0.587. The minimum atomic E-state index is -3.32. The molecule has 1 aromatic heterocycles. The van der Waals surface area contributed by atoms with Gasteiger partial charge in [0.05, 0.1) is 22.7 Å². The van der Waals surface area contributed by atoms with Crippen molar-refractivity contribution in [1.29, 1.82) is 0 Å². The van der Waals surface area contributed by atoms with E-state index in [1.165, 1.54) is 6.20 Å². The third kappa shape index (κ3) is 2.16. The molecule has 0 fully saturated rings. The van der Waals surface area contributed by atoms with Crippen molar-refractivity contribution in [2.45, 2.75) is 19.0 Å². The van der Waals surface area contributed by atoms with Crippen LogP contribution in [0, 0.1) is 6.92 Å². The Kier molecular flexibility index (Phi) is 2.87. The Labute approximate surface area is 81.9 Å². The first-order chi connectivity index (χ1) is 5.97. The number of hydrogen-bond acceptors (Lipinski definition) is 4. The summed E-state index contributed by atoms with van der Waals surface area (Å²) >= 11 is 5.65. The van der Waals surface area contributed by atoms with Crippen LogP contribution in [0.2, 0.25) is 5.02 Å². The molecule has 0 spiro atoms. The number of aromatic nitrogens is 2. The minimum Gasteiger partial charge on any atom is -0.225 e. The van der Waals surface area contributed by atoms with Gasteiger partial charge in [0.25, 0.3) is 0 Å². The van der Waals surface area contributed by atoms with E-state index in [2.05, 4.69) is 9.97 Å². The smallest absolute Gasteiger partial charge is 0.225 e. The first-order valence-corrected chi connectivity index (χ1v) is 5.72. The Morgan fingerprint density at radius 1 is 1.54 bits per heavy atom. The fourth-order valence-corrected chi connectivity index (χ4v) is 1.55. The predicted octanol–water partition coefficient (Wildman–Crippen LogP) is 1.23. The number of halogens is 1. The molecule has 4 nitrogen and oxygen atoms in total. The summed E-state index contributed by atoms with van der Waals surface area (Å²) in [6.45, 7) is 3.18. The molecular weight excluding hydrogens is 212 g/mol. The van der Waals surface area contributed by atoms with E-state index in [-0.39, 0.29) is 10.9 Å². The van der Waals surface area contributed by atoms with Gasteiger partial charge in [-0.15, -0.1) is 0 Å². The molecule has 0 saturated heterocycles. The normalized spacial score (nSPS) is 11.6. The van der Waals surface area contributed by atoms with Gasteiger partial charge in [-0.3, -0.25) is 0 Å². The fourth-order valence-electron chi connectivity index (χ4n) is 0.710. The first-order valence-electron chi connectivity index (χ1n) is 3.69. The largest absolute Gasteiger partial charge is 0.247 e. The molecule has 0 atom stereocenters. The fraction of sp³-hybridized carbons (Fsp3) is 0.429. The van der Waals surface area contributed by atoms with E-state index >= 15 is 0 Å². The summed E-state index contributed by atoms with van der Waals surface area (Å²) in [5, 5.41) is 0.215. The zero-order valence-electron chi connectivity index (χ0n) is 7.28. The summed E-state index contributed by atoms with van der Waals surface area (Å²) in [5.74, 6) is -0.00588. The van der Waals surface area contributed by atoms with Gasteiger partial charge in [0, 0.05) is 0 Å². The van der Waals surface area contributed by atoms with Crippen LogP contribution in [0.1, 0.15) is 12.6 Å². The maximum Gasteiger partial charge on any atom is 0.247 e. The lowest BCUT2D eigenvalue weighted by Crippen LogP contribution is -2.09. The van der Waals surface area contributed by atoms with Crippen LogP contribution in [0.25, 0.3) is 0 Å². The van der Waals surface area contributed by atoms with Crippen molar-refractivity contribution in [3.8, 4) is 0 Å². The number of sulfone groups is 1. The summed E-state index contributed by atoms with van der Waals surface area (Å²) in [4.78, 5) is 7.43. The lowest BCUT2D eigenvalue weighted by atomic mass is 10.5. The Balaban J connectivity index is 3.27. The van der Waals surface area contributed by atoms with Crippen LogP contribution >= 0.6 is 11.6 Å². The molecule has 72 valence electrons. The molecule has 1 rings (SSSR count). The van der Waals surface area contributed by atoms with Crippen LogP contribution in [0.15, 0.2) is 11.4 Å². The average molecular weight is 221 g/mol. The van der Waals surface area contributed by atoms with Crippen molar-refractivity contribution in [3.05, 3.63) is 16.9 Å². The highest BCUT2D eigenvalue weighted by molar-refractivity contribution is 7.91. The number of nitrogens with zero attached hydrogens (tertiary/aromatic N) is 2. The van der Waals surface area contributed by atoms with E-state index in [4.69, 9.17) is 11.6 Å². The van der Waals surface area contributed by atoms with Crippen LogP contribution in [0.5, 0.6) is 0 Å².